The molecule has 0 amide bonds. The zero-order valence-electron chi connectivity index (χ0n) is 11.5. The van der Waals surface area contributed by atoms with Crippen LogP contribution in [-0.4, -0.2) is 54.2 Å². The summed E-state index contributed by atoms with van der Waals surface area (Å²) in [6.45, 7) is 10.5. The van der Waals surface area contributed by atoms with E-state index in [2.05, 4.69) is 0 Å². The maximum absolute atomic E-state index is 8.56. The Morgan fingerprint density at radius 3 is 0.611 bits per heavy atom. The molecule has 0 radical (unpaired) electrons. The number of carbonyl (C=O) groups is 2. The van der Waals surface area contributed by atoms with Gasteiger partial charge in [0.15, 0.2) is 0 Å². The number of hydrogen-bond donors (Lipinski definition) is 6. The van der Waals surface area contributed by atoms with E-state index in [1.165, 1.54) is 0 Å². The molecule has 0 saturated carbocycles. The van der Waals surface area contributed by atoms with Crippen molar-refractivity contribution in [3.8, 4) is 0 Å². The van der Waals surface area contributed by atoms with E-state index in [-0.39, 0.29) is 0 Å². The van der Waals surface area contributed by atoms with Crippen molar-refractivity contribution < 1.29 is 40.2 Å². The normalized spacial score (nSPS) is 9.33. The van der Waals surface area contributed by atoms with E-state index in [9.17, 15) is 0 Å². The number of carboxylic acid groups (broad SMARTS) is 4. The van der Waals surface area contributed by atoms with Gasteiger partial charge in [-0.1, -0.05) is 0 Å². The Kier molecular flexibility index (Phi) is 16.8. The van der Waals surface area contributed by atoms with E-state index in [4.69, 9.17) is 40.2 Å². The van der Waals surface area contributed by atoms with Gasteiger partial charge in [0.25, 0.3) is 0 Å². The Balaban J connectivity index is -0.0000000731. The fourth-order valence-corrected chi connectivity index (χ4v) is 0. The minimum absolute atomic E-state index is 0.500. The third kappa shape index (κ3) is 1100. The molecule has 0 aromatic carbocycles. The predicted molar refractivity (Wildman–Crippen MR) is 65.3 cm³/mol. The minimum Gasteiger partial charge on any atom is -0.450 e. The van der Waals surface area contributed by atoms with Crippen LogP contribution in [0.2, 0.25) is 0 Å². The molecule has 0 aromatic rings. The fourth-order valence-electron chi connectivity index (χ4n) is 0. The lowest BCUT2D eigenvalue weighted by Gasteiger charge is -2.04. The van der Waals surface area contributed by atoms with Crippen LogP contribution in [0.1, 0.15) is 41.5 Å². The number of hydrogen-bond acceptors (Lipinski definition) is 4. The molecular weight excluding hydrogens is 248 g/mol. The molecule has 0 aliphatic heterocycles. The summed E-state index contributed by atoms with van der Waals surface area (Å²) in [5, 5.41) is 44.9. The van der Waals surface area contributed by atoms with Gasteiger partial charge in [-0.3, -0.25) is 0 Å². The van der Waals surface area contributed by atoms with Gasteiger partial charge in [-0.2, -0.15) is 0 Å². The van der Waals surface area contributed by atoms with Gasteiger partial charge in [0.1, 0.15) is 0 Å². The first-order valence-corrected chi connectivity index (χ1v) is 4.75. The maximum atomic E-state index is 8.56. The molecule has 0 aliphatic rings. The van der Waals surface area contributed by atoms with Crippen molar-refractivity contribution in [1.82, 2.24) is 0 Å². The van der Waals surface area contributed by atoms with Crippen LogP contribution >= 0.6 is 0 Å². The van der Waals surface area contributed by atoms with Crippen LogP contribution in [-0.2, 0) is 0 Å². The molecule has 0 aromatic heterocycles. The van der Waals surface area contributed by atoms with E-state index in [0.717, 1.165) is 0 Å². The maximum Gasteiger partial charge on any atom is 0.503 e. The van der Waals surface area contributed by atoms with Gasteiger partial charge in [-0.25, -0.2) is 9.59 Å². The highest BCUT2D eigenvalue weighted by Crippen LogP contribution is 1.93. The Hall–Kier alpha value is -1.54. The number of rotatable bonds is 0. The second-order valence-corrected chi connectivity index (χ2v) is 4.91. The summed E-state index contributed by atoms with van der Waals surface area (Å²) < 4.78 is 0. The van der Waals surface area contributed by atoms with Crippen LogP contribution in [0.5, 0.6) is 0 Å². The quantitative estimate of drug-likeness (QED) is 0.391. The Bertz CT molecular complexity index is 167. The molecule has 8 nitrogen and oxygen atoms in total. The van der Waals surface area contributed by atoms with Crippen molar-refractivity contribution in [1.29, 1.82) is 0 Å². The monoisotopic (exact) mass is 272 g/mol. The summed E-state index contributed by atoms with van der Waals surface area (Å²) in [6, 6.07) is 0. The highest BCUT2D eigenvalue weighted by atomic mass is 16.6. The van der Waals surface area contributed by atoms with E-state index < -0.39 is 23.5 Å². The van der Waals surface area contributed by atoms with Gasteiger partial charge < -0.3 is 30.6 Å². The topological polar surface area (TPSA) is 156 Å². The highest BCUT2D eigenvalue weighted by Gasteiger charge is 1.98. The standard InChI is InChI=1S/2C4H10O.2CH2O3/c2*1-4(2,3)5;2*2-1(3)4/h2*5H,1-3H3;2*(H2,2,3,4). The van der Waals surface area contributed by atoms with Crippen molar-refractivity contribution in [2.45, 2.75) is 52.7 Å². The Morgan fingerprint density at radius 2 is 0.611 bits per heavy atom. The predicted octanol–water partition coefficient (Wildman–Crippen LogP) is 2.00. The third-order valence-corrected chi connectivity index (χ3v) is 0. The molecule has 112 valence electrons. The van der Waals surface area contributed by atoms with Gasteiger partial charge in [0.05, 0.1) is 11.2 Å². The second kappa shape index (κ2) is 11.9. The molecule has 18 heavy (non-hydrogen) atoms. The van der Waals surface area contributed by atoms with Crippen molar-refractivity contribution in [3.05, 3.63) is 0 Å². The van der Waals surface area contributed by atoms with E-state index >= 15 is 0 Å². The zero-order chi connectivity index (χ0) is 16.2. The Labute approximate surface area is 106 Å². The van der Waals surface area contributed by atoms with Crippen LogP contribution in [0.3, 0.4) is 0 Å². The smallest absolute Gasteiger partial charge is 0.450 e. The van der Waals surface area contributed by atoms with E-state index in [1.807, 2.05) is 0 Å². The molecule has 8 heteroatoms. The summed E-state index contributed by atoms with van der Waals surface area (Å²) in [5.74, 6) is 0. The summed E-state index contributed by atoms with van der Waals surface area (Å²) in [7, 11) is 0. The van der Waals surface area contributed by atoms with Crippen LogP contribution in [0, 0.1) is 0 Å². The van der Waals surface area contributed by atoms with Crippen LogP contribution in [0.25, 0.3) is 0 Å². The fraction of sp³-hybridized carbons (Fsp3) is 0.800. The van der Waals surface area contributed by atoms with Crippen molar-refractivity contribution in [2.75, 3.05) is 0 Å². The molecule has 0 fully saturated rings. The molecule has 0 heterocycles. The molecule has 0 unspecified atom stereocenters. The molecule has 0 rings (SSSR count). The summed E-state index contributed by atoms with van der Waals surface area (Å²) >= 11 is 0. The first kappa shape index (κ1) is 25.3. The van der Waals surface area contributed by atoms with Gasteiger partial charge in [-0.15, -0.1) is 0 Å². The molecule has 0 bridgehead atoms. The van der Waals surface area contributed by atoms with Crippen LogP contribution in [0.4, 0.5) is 9.59 Å². The lowest BCUT2D eigenvalue weighted by molar-refractivity contribution is 0.101. The average Bonchev–Trinajstić information content (AvgIpc) is 1.70. The molecule has 0 atom stereocenters. The largest absolute Gasteiger partial charge is 0.503 e. The van der Waals surface area contributed by atoms with Crippen molar-refractivity contribution in [3.63, 3.8) is 0 Å². The van der Waals surface area contributed by atoms with Gasteiger partial charge in [0, 0.05) is 0 Å². The molecule has 0 spiro atoms. The molecule has 0 saturated heterocycles. The zero-order valence-corrected chi connectivity index (χ0v) is 11.5. The number of aliphatic hydroxyl groups is 2. The SMILES string of the molecule is CC(C)(C)O.CC(C)(C)O.O=C(O)O.O=C(O)O. The van der Waals surface area contributed by atoms with E-state index in [1.54, 1.807) is 41.5 Å². The van der Waals surface area contributed by atoms with Gasteiger partial charge in [-0.05, 0) is 41.5 Å². The van der Waals surface area contributed by atoms with Crippen LogP contribution in [0.15, 0.2) is 0 Å². The molecule has 6 N–H and O–H groups in total. The minimum atomic E-state index is -1.83. The summed E-state index contributed by atoms with van der Waals surface area (Å²) in [4.78, 5) is 17.1. The third-order valence-electron chi connectivity index (χ3n) is 0. The molecule has 0 aliphatic carbocycles. The second-order valence-electron chi connectivity index (χ2n) is 4.91. The first-order valence-electron chi connectivity index (χ1n) is 4.75. The van der Waals surface area contributed by atoms with Crippen molar-refractivity contribution >= 4 is 12.3 Å². The lowest BCUT2D eigenvalue weighted by Crippen LogP contribution is -2.10. The van der Waals surface area contributed by atoms with Gasteiger partial charge in [0.2, 0.25) is 0 Å². The summed E-state index contributed by atoms with van der Waals surface area (Å²) in [5.41, 5.74) is -1.00. The van der Waals surface area contributed by atoms with E-state index in [0.29, 0.717) is 0 Å². The Morgan fingerprint density at radius 1 is 0.611 bits per heavy atom. The average molecular weight is 272 g/mol. The first-order chi connectivity index (χ1) is 7.46. The van der Waals surface area contributed by atoms with Crippen molar-refractivity contribution in [2.24, 2.45) is 0 Å². The lowest BCUT2D eigenvalue weighted by atomic mass is 10.2. The van der Waals surface area contributed by atoms with Crippen LogP contribution < -0.4 is 0 Å². The summed E-state index contributed by atoms with van der Waals surface area (Å²) in [6.07, 6.45) is -3.67. The molecular formula is C10H24O8. The van der Waals surface area contributed by atoms with Gasteiger partial charge >= 0.3 is 12.3 Å². The highest BCUT2D eigenvalue weighted by molar-refractivity contribution is 5.53.